The van der Waals surface area contributed by atoms with Crippen LogP contribution in [0.1, 0.15) is 31.7 Å². The third-order valence-corrected chi connectivity index (χ3v) is 5.49. The van der Waals surface area contributed by atoms with Gasteiger partial charge in [0.1, 0.15) is 11.9 Å². The van der Waals surface area contributed by atoms with Crippen LogP contribution in [0.2, 0.25) is 0 Å². The number of rotatable bonds is 4. The zero-order valence-corrected chi connectivity index (χ0v) is 14.3. The largest absolute Gasteiger partial charge is 0.488 e. The maximum Gasteiger partial charge on any atom is 0.123 e. The average molecular weight is 353 g/mol. The first-order valence-corrected chi connectivity index (χ1v) is 8.88. The first kappa shape index (κ1) is 15.3. The van der Waals surface area contributed by atoms with Crippen LogP contribution >= 0.6 is 15.9 Å². The highest BCUT2D eigenvalue weighted by Gasteiger charge is 2.31. The zero-order valence-electron chi connectivity index (χ0n) is 12.7. The van der Waals surface area contributed by atoms with E-state index in [1.165, 1.54) is 31.4 Å². The van der Waals surface area contributed by atoms with Crippen molar-refractivity contribution in [3.05, 3.63) is 28.2 Å². The molecule has 3 atom stereocenters. The minimum atomic E-state index is 0.279. The van der Waals surface area contributed by atoms with Crippen molar-refractivity contribution >= 4 is 15.9 Å². The maximum atomic E-state index is 6.11. The predicted molar refractivity (Wildman–Crippen MR) is 89.7 cm³/mol. The molecular weight excluding hydrogens is 328 g/mol. The Bertz CT molecular complexity index is 494. The molecule has 3 nitrogen and oxygen atoms in total. The summed E-state index contributed by atoms with van der Waals surface area (Å²) >= 11 is 3.54. The molecule has 3 unspecified atom stereocenters. The number of halogens is 1. The normalized spacial score (nSPS) is 29.2. The van der Waals surface area contributed by atoms with Crippen LogP contribution in [0.5, 0.6) is 5.75 Å². The lowest BCUT2D eigenvalue weighted by Crippen LogP contribution is -2.50. The summed E-state index contributed by atoms with van der Waals surface area (Å²) in [6.07, 6.45) is 5.13. The van der Waals surface area contributed by atoms with Gasteiger partial charge in [-0.15, -0.1) is 0 Å². The lowest BCUT2D eigenvalue weighted by atomic mass is 9.88. The fourth-order valence-corrected chi connectivity index (χ4v) is 4.10. The van der Waals surface area contributed by atoms with E-state index >= 15 is 0 Å². The first-order valence-electron chi connectivity index (χ1n) is 8.08. The molecule has 1 fully saturated rings. The molecule has 3 rings (SSSR count). The van der Waals surface area contributed by atoms with Crippen molar-refractivity contribution in [2.75, 3.05) is 19.6 Å². The maximum absolute atomic E-state index is 6.11. The minimum absolute atomic E-state index is 0.279. The van der Waals surface area contributed by atoms with Crippen molar-refractivity contribution in [2.45, 2.75) is 44.8 Å². The van der Waals surface area contributed by atoms with Crippen LogP contribution in [-0.4, -0.2) is 36.7 Å². The average Bonchev–Trinajstić information content (AvgIpc) is 2.89. The molecule has 21 heavy (non-hydrogen) atoms. The summed E-state index contributed by atoms with van der Waals surface area (Å²) in [4.78, 5) is 2.55. The Balaban J connectivity index is 1.60. The Morgan fingerprint density at radius 1 is 1.43 bits per heavy atom. The third kappa shape index (κ3) is 3.43. The molecule has 116 valence electrons. The lowest BCUT2D eigenvalue weighted by Gasteiger charge is -2.39. The first-order chi connectivity index (χ1) is 10.2. The highest BCUT2D eigenvalue weighted by molar-refractivity contribution is 9.10. The number of ether oxygens (including phenoxy) is 1. The third-order valence-electron chi connectivity index (χ3n) is 5.00. The summed E-state index contributed by atoms with van der Waals surface area (Å²) in [6, 6.07) is 6.83. The number of hydrogen-bond acceptors (Lipinski definition) is 3. The van der Waals surface area contributed by atoms with Gasteiger partial charge in [-0.2, -0.15) is 0 Å². The number of fused-ring (bicyclic) bond motifs is 1. The van der Waals surface area contributed by atoms with E-state index in [4.69, 9.17) is 10.5 Å². The molecular formula is C17H25BrN2O. The van der Waals surface area contributed by atoms with Gasteiger partial charge in [0, 0.05) is 30.0 Å². The van der Waals surface area contributed by atoms with Crippen molar-refractivity contribution in [2.24, 2.45) is 11.7 Å². The molecule has 1 aromatic rings. The number of hydrogen-bond donors (Lipinski definition) is 1. The van der Waals surface area contributed by atoms with Gasteiger partial charge >= 0.3 is 0 Å². The summed E-state index contributed by atoms with van der Waals surface area (Å²) in [7, 11) is 0. The lowest BCUT2D eigenvalue weighted by molar-refractivity contribution is 0.0716. The van der Waals surface area contributed by atoms with Crippen LogP contribution < -0.4 is 10.5 Å². The second-order valence-corrected chi connectivity index (χ2v) is 7.29. The summed E-state index contributed by atoms with van der Waals surface area (Å²) in [6.45, 7) is 5.23. The van der Waals surface area contributed by atoms with Crippen molar-refractivity contribution in [1.29, 1.82) is 0 Å². The van der Waals surface area contributed by atoms with E-state index in [1.54, 1.807) is 0 Å². The van der Waals surface area contributed by atoms with Crippen LogP contribution in [0, 0.1) is 5.92 Å². The van der Waals surface area contributed by atoms with E-state index in [1.807, 2.05) is 0 Å². The van der Waals surface area contributed by atoms with E-state index < -0.39 is 0 Å². The topological polar surface area (TPSA) is 38.5 Å². The summed E-state index contributed by atoms with van der Waals surface area (Å²) in [5, 5.41) is 0. The Hall–Kier alpha value is -0.580. The van der Waals surface area contributed by atoms with Gasteiger partial charge in [-0.05, 0) is 49.1 Å². The molecule has 1 aromatic carbocycles. The SMILES string of the molecule is CCC1CCN(CC2Cc3cc(Br)ccc3O2)C(CN)C1. The standard InChI is InChI=1S/C17H25BrN2O/c1-2-12-5-6-20(15(7-12)10-19)11-16-9-13-8-14(18)3-4-17(13)21-16/h3-4,8,12,15-16H,2,5-7,9-11,19H2,1H3. The van der Waals surface area contributed by atoms with Gasteiger partial charge < -0.3 is 10.5 Å². The quantitative estimate of drug-likeness (QED) is 0.904. The van der Waals surface area contributed by atoms with Crippen LogP contribution in [0.4, 0.5) is 0 Å². The van der Waals surface area contributed by atoms with Gasteiger partial charge in [0.05, 0.1) is 0 Å². The zero-order chi connectivity index (χ0) is 14.8. The molecule has 2 N–H and O–H groups in total. The Kier molecular flexibility index (Phi) is 4.87. The summed E-state index contributed by atoms with van der Waals surface area (Å²) < 4.78 is 7.24. The molecule has 1 saturated heterocycles. The Morgan fingerprint density at radius 2 is 2.29 bits per heavy atom. The van der Waals surface area contributed by atoms with E-state index in [0.717, 1.165) is 35.7 Å². The van der Waals surface area contributed by atoms with Crippen LogP contribution in [-0.2, 0) is 6.42 Å². The molecule has 0 amide bonds. The van der Waals surface area contributed by atoms with Gasteiger partial charge in [0.2, 0.25) is 0 Å². The second kappa shape index (κ2) is 6.67. The highest BCUT2D eigenvalue weighted by atomic mass is 79.9. The molecule has 0 aliphatic carbocycles. The molecule has 0 aromatic heterocycles. The van der Waals surface area contributed by atoms with E-state index in [0.29, 0.717) is 6.04 Å². The van der Waals surface area contributed by atoms with Crippen LogP contribution in [0.25, 0.3) is 0 Å². The van der Waals surface area contributed by atoms with Crippen molar-refractivity contribution in [3.8, 4) is 5.75 Å². The van der Waals surface area contributed by atoms with Crippen molar-refractivity contribution in [1.82, 2.24) is 4.90 Å². The number of nitrogens with zero attached hydrogens (tertiary/aromatic N) is 1. The number of benzene rings is 1. The highest BCUT2D eigenvalue weighted by Crippen LogP contribution is 2.33. The molecule has 0 radical (unpaired) electrons. The molecule has 2 aliphatic rings. The van der Waals surface area contributed by atoms with E-state index in [-0.39, 0.29) is 6.10 Å². The summed E-state index contributed by atoms with van der Waals surface area (Å²) in [5.74, 6) is 1.91. The predicted octanol–water partition coefficient (Wildman–Crippen LogP) is 3.20. The molecule has 0 saturated carbocycles. The van der Waals surface area contributed by atoms with Gasteiger partial charge in [-0.25, -0.2) is 0 Å². The van der Waals surface area contributed by atoms with E-state index in [9.17, 15) is 0 Å². The fourth-order valence-electron chi connectivity index (χ4n) is 3.69. The molecule has 2 aliphatic heterocycles. The number of nitrogens with two attached hydrogens (primary N) is 1. The fraction of sp³-hybridized carbons (Fsp3) is 0.647. The molecule has 0 spiro atoms. The van der Waals surface area contributed by atoms with Gasteiger partial charge in [0.25, 0.3) is 0 Å². The van der Waals surface area contributed by atoms with Gasteiger partial charge in [-0.3, -0.25) is 4.90 Å². The van der Waals surface area contributed by atoms with Crippen LogP contribution in [0.3, 0.4) is 0 Å². The number of piperidine rings is 1. The Labute approximate surface area is 136 Å². The van der Waals surface area contributed by atoms with Crippen molar-refractivity contribution in [3.63, 3.8) is 0 Å². The Morgan fingerprint density at radius 3 is 3.05 bits per heavy atom. The van der Waals surface area contributed by atoms with Gasteiger partial charge in [0.15, 0.2) is 0 Å². The summed E-state index contributed by atoms with van der Waals surface area (Å²) in [5.41, 5.74) is 7.32. The second-order valence-electron chi connectivity index (χ2n) is 6.38. The molecule has 4 heteroatoms. The molecule has 2 heterocycles. The van der Waals surface area contributed by atoms with Crippen LogP contribution in [0.15, 0.2) is 22.7 Å². The van der Waals surface area contributed by atoms with Gasteiger partial charge in [-0.1, -0.05) is 29.3 Å². The number of likely N-dealkylation sites (tertiary alicyclic amines) is 1. The van der Waals surface area contributed by atoms with Crippen molar-refractivity contribution < 1.29 is 4.74 Å². The molecule has 0 bridgehead atoms. The smallest absolute Gasteiger partial charge is 0.123 e. The van der Waals surface area contributed by atoms with E-state index in [2.05, 4.69) is 46.0 Å². The monoisotopic (exact) mass is 352 g/mol. The minimum Gasteiger partial charge on any atom is -0.488 e.